The SMILES string of the molecule is CC(C)(C)C(=O)Nc1nc(CC(=O)NCC2CNC2)cs1.Cl.Cl. The number of carbonyl (C=O) groups excluding carboxylic acids is 2. The highest BCUT2D eigenvalue weighted by atomic mass is 35.5. The zero-order valence-electron chi connectivity index (χ0n) is 13.5. The Morgan fingerprint density at radius 3 is 2.52 bits per heavy atom. The highest BCUT2D eigenvalue weighted by Crippen LogP contribution is 2.20. The molecule has 2 rings (SSSR count). The predicted octanol–water partition coefficient (Wildman–Crippen LogP) is 1.85. The normalized spacial score (nSPS) is 14.0. The number of hydrogen-bond donors (Lipinski definition) is 3. The number of amides is 2. The molecular weight excluding hydrogens is 359 g/mol. The van der Waals surface area contributed by atoms with Gasteiger partial charge in [0.2, 0.25) is 11.8 Å². The second-order valence-electron chi connectivity index (χ2n) is 6.35. The summed E-state index contributed by atoms with van der Waals surface area (Å²) in [5, 5.41) is 11.2. The Bertz CT molecular complexity index is 527. The van der Waals surface area contributed by atoms with E-state index in [2.05, 4.69) is 20.9 Å². The van der Waals surface area contributed by atoms with E-state index in [1.165, 1.54) is 11.3 Å². The Morgan fingerprint density at radius 1 is 1.35 bits per heavy atom. The van der Waals surface area contributed by atoms with Crippen LogP contribution in [0.15, 0.2) is 5.38 Å². The van der Waals surface area contributed by atoms with Gasteiger partial charge in [-0.1, -0.05) is 20.8 Å². The molecule has 0 aromatic carbocycles. The van der Waals surface area contributed by atoms with E-state index < -0.39 is 5.41 Å². The molecule has 23 heavy (non-hydrogen) atoms. The lowest BCUT2D eigenvalue weighted by Crippen LogP contribution is -2.48. The number of nitrogens with one attached hydrogen (secondary N) is 3. The molecule has 132 valence electrons. The standard InChI is InChI=1S/C14H22N4O2S.2ClH/c1-14(2,3)12(20)18-13-17-10(8-21-13)4-11(19)16-7-9-5-15-6-9;;/h8-9,15H,4-7H2,1-3H3,(H,16,19)(H,17,18,20);2*1H. The molecule has 2 amide bonds. The van der Waals surface area contributed by atoms with Crippen LogP contribution in [0.2, 0.25) is 0 Å². The van der Waals surface area contributed by atoms with E-state index in [-0.39, 0.29) is 43.0 Å². The molecule has 0 bridgehead atoms. The van der Waals surface area contributed by atoms with Gasteiger partial charge in [-0.05, 0) is 0 Å². The maximum atomic E-state index is 11.9. The van der Waals surface area contributed by atoms with Crippen LogP contribution in [0.25, 0.3) is 0 Å². The van der Waals surface area contributed by atoms with Gasteiger partial charge in [0, 0.05) is 36.3 Å². The van der Waals surface area contributed by atoms with Crippen molar-refractivity contribution in [2.75, 3.05) is 25.0 Å². The van der Waals surface area contributed by atoms with E-state index in [9.17, 15) is 9.59 Å². The fourth-order valence-electron chi connectivity index (χ4n) is 1.71. The minimum atomic E-state index is -0.458. The Labute approximate surface area is 153 Å². The van der Waals surface area contributed by atoms with Crippen LogP contribution in [-0.2, 0) is 16.0 Å². The van der Waals surface area contributed by atoms with E-state index in [4.69, 9.17) is 0 Å². The lowest BCUT2D eigenvalue weighted by Gasteiger charge is -2.26. The Balaban J connectivity index is 0.00000242. The van der Waals surface area contributed by atoms with Crippen molar-refractivity contribution in [3.63, 3.8) is 0 Å². The summed E-state index contributed by atoms with van der Waals surface area (Å²) in [5.41, 5.74) is 0.230. The van der Waals surface area contributed by atoms with Gasteiger partial charge in [0.1, 0.15) is 0 Å². The molecule has 1 aliphatic heterocycles. The Hall–Kier alpha value is -0.890. The van der Waals surface area contributed by atoms with Gasteiger partial charge < -0.3 is 16.0 Å². The van der Waals surface area contributed by atoms with Crippen LogP contribution in [0.5, 0.6) is 0 Å². The average Bonchev–Trinajstić information content (AvgIpc) is 2.73. The van der Waals surface area contributed by atoms with Gasteiger partial charge in [-0.25, -0.2) is 4.98 Å². The van der Waals surface area contributed by atoms with Gasteiger partial charge in [0.15, 0.2) is 5.13 Å². The molecule has 1 saturated heterocycles. The number of hydrogen-bond acceptors (Lipinski definition) is 5. The molecule has 9 heteroatoms. The molecule has 1 aliphatic rings. The van der Waals surface area contributed by atoms with Crippen molar-refractivity contribution < 1.29 is 9.59 Å². The third kappa shape index (κ3) is 7.03. The lowest BCUT2D eigenvalue weighted by molar-refractivity contribution is -0.123. The average molecular weight is 383 g/mol. The maximum absolute atomic E-state index is 11.9. The van der Waals surface area contributed by atoms with Gasteiger partial charge in [0.05, 0.1) is 12.1 Å². The highest BCUT2D eigenvalue weighted by Gasteiger charge is 2.22. The summed E-state index contributed by atoms with van der Waals surface area (Å²) in [6, 6.07) is 0. The molecule has 3 N–H and O–H groups in total. The lowest BCUT2D eigenvalue weighted by atomic mass is 9.96. The monoisotopic (exact) mass is 382 g/mol. The molecule has 2 heterocycles. The number of halogens is 2. The van der Waals surface area contributed by atoms with Crippen molar-refractivity contribution in [1.29, 1.82) is 0 Å². The van der Waals surface area contributed by atoms with Gasteiger partial charge in [-0.15, -0.1) is 36.2 Å². The number of aromatic nitrogens is 1. The molecule has 1 aromatic rings. The number of anilines is 1. The first-order chi connectivity index (χ1) is 9.84. The predicted molar refractivity (Wildman–Crippen MR) is 97.8 cm³/mol. The zero-order chi connectivity index (χ0) is 15.5. The van der Waals surface area contributed by atoms with Crippen molar-refractivity contribution in [2.45, 2.75) is 27.2 Å². The molecular formula is C14H24Cl2N4O2S. The molecule has 1 fully saturated rings. The largest absolute Gasteiger partial charge is 0.355 e. The minimum Gasteiger partial charge on any atom is -0.355 e. The molecule has 1 aromatic heterocycles. The number of thiazole rings is 1. The number of carbonyl (C=O) groups is 2. The van der Waals surface area contributed by atoms with Crippen molar-refractivity contribution in [3.8, 4) is 0 Å². The van der Waals surface area contributed by atoms with Crippen LogP contribution in [0.4, 0.5) is 5.13 Å². The first-order valence-electron chi connectivity index (χ1n) is 7.08. The first-order valence-corrected chi connectivity index (χ1v) is 7.96. The quantitative estimate of drug-likeness (QED) is 0.725. The van der Waals surface area contributed by atoms with E-state index in [1.54, 1.807) is 0 Å². The van der Waals surface area contributed by atoms with Crippen LogP contribution in [0.1, 0.15) is 26.5 Å². The highest BCUT2D eigenvalue weighted by molar-refractivity contribution is 7.13. The van der Waals surface area contributed by atoms with Gasteiger partial charge in [-0.3, -0.25) is 9.59 Å². The van der Waals surface area contributed by atoms with E-state index in [1.807, 2.05) is 26.2 Å². The number of nitrogens with zero attached hydrogens (tertiary/aromatic N) is 1. The van der Waals surface area contributed by atoms with Crippen LogP contribution >= 0.6 is 36.2 Å². The Kier molecular flexibility index (Phi) is 9.05. The molecule has 0 spiro atoms. The van der Waals surface area contributed by atoms with Crippen molar-refractivity contribution in [3.05, 3.63) is 11.1 Å². The first kappa shape index (κ1) is 22.1. The molecule has 0 unspecified atom stereocenters. The van der Waals surface area contributed by atoms with Gasteiger partial charge >= 0.3 is 0 Å². The smallest absolute Gasteiger partial charge is 0.231 e. The van der Waals surface area contributed by atoms with E-state index in [0.29, 0.717) is 23.3 Å². The van der Waals surface area contributed by atoms with Gasteiger partial charge in [-0.2, -0.15) is 0 Å². The van der Waals surface area contributed by atoms with E-state index >= 15 is 0 Å². The van der Waals surface area contributed by atoms with Crippen molar-refractivity contribution in [1.82, 2.24) is 15.6 Å². The fourth-order valence-corrected chi connectivity index (χ4v) is 2.41. The summed E-state index contributed by atoms with van der Waals surface area (Å²) in [6.07, 6.45) is 0.252. The molecule has 0 aliphatic carbocycles. The second kappa shape index (κ2) is 9.42. The molecule has 6 nitrogen and oxygen atoms in total. The third-order valence-corrected chi connectivity index (χ3v) is 4.06. The van der Waals surface area contributed by atoms with Crippen molar-refractivity contribution >= 4 is 53.1 Å². The maximum Gasteiger partial charge on any atom is 0.231 e. The van der Waals surface area contributed by atoms with E-state index in [0.717, 1.165) is 13.1 Å². The molecule has 0 saturated carbocycles. The van der Waals surface area contributed by atoms with Crippen LogP contribution < -0.4 is 16.0 Å². The fraction of sp³-hybridized carbons (Fsp3) is 0.643. The summed E-state index contributed by atoms with van der Waals surface area (Å²) in [4.78, 5) is 27.9. The third-order valence-electron chi connectivity index (χ3n) is 3.25. The van der Waals surface area contributed by atoms with Crippen LogP contribution in [-0.4, -0.2) is 36.4 Å². The van der Waals surface area contributed by atoms with Crippen LogP contribution in [0, 0.1) is 11.3 Å². The minimum absolute atomic E-state index is 0. The number of rotatable bonds is 5. The molecule has 0 radical (unpaired) electrons. The summed E-state index contributed by atoms with van der Waals surface area (Å²) in [6.45, 7) is 8.20. The van der Waals surface area contributed by atoms with Crippen LogP contribution in [0.3, 0.4) is 0 Å². The summed E-state index contributed by atoms with van der Waals surface area (Å²) < 4.78 is 0. The second-order valence-corrected chi connectivity index (χ2v) is 7.21. The van der Waals surface area contributed by atoms with Crippen molar-refractivity contribution in [2.24, 2.45) is 11.3 Å². The topological polar surface area (TPSA) is 83.1 Å². The molecule has 0 atom stereocenters. The zero-order valence-corrected chi connectivity index (χ0v) is 15.9. The van der Waals surface area contributed by atoms with Gasteiger partial charge in [0.25, 0.3) is 0 Å². The summed E-state index contributed by atoms with van der Waals surface area (Å²) in [5.74, 6) is 0.442. The summed E-state index contributed by atoms with van der Waals surface area (Å²) in [7, 11) is 0. The summed E-state index contributed by atoms with van der Waals surface area (Å²) >= 11 is 1.34. The Morgan fingerprint density at radius 2 is 2.00 bits per heavy atom.